The molecule has 3 heteroatoms. The van der Waals surface area contributed by atoms with Gasteiger partial charge < -0.3 is 0 Å². The van der Waals surface area contributed by atoms with Crippen molar-refractivity contribution in [2.75, 3.05) is 5.33 Å². The van der Waals surface area contributed by atoms with Crippen LogP contribution in [0.25, 0.3) is 0 Å². The highest BCUT2D eigenvalue weighted by atomic mass is 79.9. The zero-order chi connectivity index (χ0) is 12.3. The predicted molar refractivity (Wildman–Crippen MR) is 71.9 cm³/mol. The minimum atomic E-state index is -0.169. The summed E-state index contributed by atoms with van der Waals surface area (Å²) in [5, 5.41) is 1.45. The van der Waals surface area contributed by atoms with Crippen LogP contribution >= 0.6 is 27.5 Å². The minimum absolute atomic E-state index is 0.0471. The van der Waals surface area contributed by atoms with Crippen molar-refractivity contribution in [2.45, 2.75) is 27.2 Å². The van der Waals surface area contributed by atoms with Gasteiger partial charge in [-0.25, -0.2) is 4.39 Å². The van der Waals surface area contributed by atoms with Crippen molar-refractivity contribution in [3.63, 3.8) is 0 Å². The van der Waals surface area contributed by atoms with E-state index in [-0.39, 0.29) is 11.2 Å². The monoisotopic (exact) mass is 306 g/mol. The lowest BCUT2D eigenvalue weighted by molar-refractivity contribution is 0.255. The van der Waals surface area contributed by atoms with E-state index < -0.39 is 0 Å². The maximum Gasteiger partial charge on any atom is 0.126 e. The van der Waals surface area contributed by atoms with E-state index in [1.165, 1.54) is 6.07 Å². The van der Waals surface area contributed by atoms with E-state index in [1.54, 1.807) is 12.1 Å². The lowest BCUT2D eigenvalue weighted by atomic mass is 9.76. The van der Waals surface area contributed by atoms with Crippen LogP contribution in [0.2, 0.25) is 5.02 Å². The molecule has 1 unspecified atom stereocenters. The normalized spacial score (nSPS) is 15.2. The van der Waals surface area contributed by atoms with Crippen LogP contribution < -0.4 is 0 Å². The molecule has 0 saturated heterocycles. The quantitative estimate of drug-likeness (QED) is 0.681. The summed E-state index contributed by atoms with van der Waals surface area (Å²) in [6.45, 7) is 6.47. The zero-order valence-electron chi connectivity index (χ0n) is 9.86. The van der Waals surface area contributed by atoms with Crippen molar-refractivity contribution in [2.24, 2.45) is 11.3 Å². The van der Waals surface area contributed by atoms with Gasteiger partial charge in [-0.15, -0.1) is 0 Å². The standard InChI is InChI=1S/C13H17BrClF/c1-9(2)13(3,8-14)7-10-6-11(15)4-5-12(10)16/h4-6,9H,7-8H2,1-3H3. The van der Waals surface area contributed by atoms with E-state index in [2.05, 4.69) is 36.7 Å². The van der Waals surface area contributed by atoms with Crippen LogP contribution in [0.15, 0.2) is 18.2 Å². The molecule has 0 nitrogen and oxygen atoms in total. The first kappa shape index (κ1) is 14.0. The molecule has 0 aromatic heterocycles. The topological polar surface area (TPSA) is 0 Å². The first-order chi connectivity index (χ1) is 7.39. The van der Waals surface area contributed by atoms with Crippen LogP contribution in [0.1, 0.15) is 26.3 Å². The Hall–Kier alpha value is -0.0800. The third-order valence-electron chi connectivity index (χ3n) is 3.30. The number of rotatable bonds is 4. The second-order valence-corrected chi connectivity index (χ2v) is 5.85. The second kappa shape index (κ2) is 5.50. The fraction of sp³-hybridized carbons (Fsp3) is 0.538. The molecule has 0 aliphatic carbocycles. The van der Waals surface area contributed by atoms with E-state index in [0.717, 1.165) is 5.33 Å². The van der Waals surface area contributed by atoms with Crippen LogP contribution in [-0.2, 0) is 6.42 Å². The average molecular weight is 308 g/mol. The van der Waals surface area contributed by atoms with Gasteiger partial charge in [-0.05, 0) is 41.5 Å². The molecule has 0 bridgehead atoms. The summed E-state index contributed by atoms with van der Waals surface area (Å²) in [5.74, 6) is 0.308. The van der Waals surface area contributed by atoms with Crippen LogP contribution in [-0.4, -0.2) is 5.33 Å². The molecular weight excluding hydrogens is 290 g/mol. The molecule has 0 heterocycles. The van der Waals surface area contributed by atoms with Crippen molar-refractivity contribution in [1.82, 2.24) is 0 Å². The smallest absolute Gasteiger partial charge is 0.126 e. The van der Waals surface area contributed by atoms with E-state index in [0.29, 0.717) is 22.9 Å². The maximum absolute atomic E-state index is 13.6. The maximum atomic E-state index is 13.6. The van der Waals surface area contributed by atoms with Gasteiger partial charge in [-0.2, -0.15) is 0 Å². The zero-order valence-corrected chi connectivity index (χ0v) is 12.2. The Kier molecular flexibility index (Phi) is 4.81. The summed E-state index contributed by atoms with van der Waals surface area (Å²) >= 11 is 9.41. The lowest BCUT2D eigenvalue weighted by Crippen LogP contribution is -2.28. The number of halogens is 3. The van der Waals surface area contributed by atoms with Crippen LogP contribution in [0.4, 0.5) is 4.39 Å². The molecule has 1 aromatic rings. The highest BCUT2D eigenvalue weighted by Crippen LogP contribution is 2.34. The van der Waals surface area contributed by atoms with Crippen molar-refractivity contribution >= 4 is 27.5 Å². The van der Waals surface area contributed by atoms with E-state index in [9.17, 15) is 4.39 Å². The van der Waals surface area contributed by atoms with E-state index in [1.807, 2.05) is 0 Å². The van der Waals surface area contributed by atoms with E-state index in [4.69, 9.17) is 11.6 Å². The molecule has 0 saturated carbocycles. The molecule has 0 aliphatic rings. The summed E-state index contributed by atoms with van der Waals surface area (Å²) in [7, 11) is 0. The number of hydrogen-bond donors (Lipinski definition) is 0. The molecule has 0 radical (unpaired) electrons. The van der Waals surface area contributed by atoms with Gasteiger partial charge in [-0.1, -0.05) is 48.3 Å². The summed E-state index contributed by atoms with van der Waals surface area (Å²) in [6.07, 6.45) is 0.697. The Morgan fingerprint density at radius 1 is 1.44 bits per heavy atom. The number of benzene rings is 1. The summed E-state index contributed by atoms with van der Waals surface area (Å²) in [6, 6.07) is 4.74. The molecule has 0 amide bonds. The SMILES string of the molecule is CC(C)C(C)(CBr)Cc1cc(Cl)ccc1F. The molecule has 90 valence electrons. The van der Waals surface area contributed by atoms with Crippen LogP contribution in [0.3, 0.4) is 0 Å². The van der Waals surface area contributed by atoms with Crippen molar-refractivity contribution in [3.05, 3.63) is 34.6 Å². The van der Waals surface area contributed by atoms with Gasteiger partial charge in [0.05, 0.1) is 0 Å². The third kappa shape index (κ3) is 3.21. The summed E-state index contributed by atoms with van der Waals surface area (Å²) < 4.78 is 13.6. The molecular formula is C13H17BrClF. The van der Waals surface area contributed by atoms with Crippen LogP contribution in [0.5, 0.6) is 0 Å². The molecule has 0 N–H and O–H groups in total. The summed E-state index contributed by atoms with van der Waals surface area (Å²) in [5.41, 5.74) is 0.745. The molecule has 16 heavy (non-hydrogen) atoms. The van der Waals surface area contributed by atoms with Crippen molar-refractivity contribution in [3.8, 4) is 0 Å². The van der Waals surface area contributed by atoms with Crippen LogP contribution in [0, 0.1) is 17.2 Å². The Morgan fingerprint density at radius 2 is 2.06 bits per heavy atom. The average Bonchev–Trinajstić information content (AvgIpc) is 2.23. The molecule has 0 aliphatic heterocycles. The first-order valence-electron chi connectivity index (χ1n) is 5.39. The van der Waals surface area contributed by atoms with Crippen molar-refractivity contribution in [1.29, 1.82) is 0 Å². The Bertz CT molecular complexity index is 365. The second-order valence-electron chi connectivity index (χ2n) is 4.85. The lowest BCUT2D eigenvalue weighted by Gasteiger charge is -2.32. The van der Waals surface area contributed by atoms with Gasteiger partial charge >= 0.3 is 0 Å². The third-order valence-corrected chi connectivity index (χ3v) is 4.82. The molecule has 1 atom stereocenters. The van der Waals surface area contributed by atoms with Gasteiger partial charge in [-0.3, -0.25) is 0 Å². The fourth-order valence-electron chi connectivity index (χ4n) is 1.52. The van der Waals surface area contributed by atoms with Gasteiger partial charge in [0.25, 0.3) is 0 Å². The summed E-state index contributed by atoms with van der Waals surface area (Å²) in [4.78, 5) is 0. The Balaban J connectivity index is 2.98. The predicted octanol–water partition coefficient (Wildman–Crippen LogP) is 5.08. The highest BCUT2D eigenvalue weighted by Gasteiger charge is 2.28. The van der Waals surface area contributed by atoms with E-state index >= 15 is 0 Å². The molecule has 0 spiro atoms. The molecule has 1 aromatic carbocycles. The Labute approximate surface area is 110 Å². The number of alkyl halides is 1. The van der Waals surface area contributed by atoms with Gasteiger partial charge in [0, 0.05) is 10.4 Å². The number of hydrogen-bond acceptors (Lipinski definition) is 0. The van der Waals surface area contributed by atoms with Gasteiger partial charge in [0.15, 0.2) is 0 Å². The first-order valence-corrected chi connectivity index (χ1v) is 6.89. The van der Waals surface area contributed by atoms with Gasteiger partial charge in [0.2, 0.25) is 0 Å². The minimum Gasteiger partial charge on any atom is -0.207 e. The van der Waals surface area contributed by atoms with Gasteiger partial charge in [0.1, 0.15) is 5.82 Å². The fourth-order valence-corrected chi connectivity index (χ4v) is 2.56. The Morgan fingerprint density at radius 3 is 2.56 bits per heavy atom. The molecule has 1 rings (SSSR count). The molecule has 0 fully saturated rings. The van der Waals surface area contributed by atoms with Crippen molar-refractivity contribution < 1.29 is 4.39 Å². The largest absolute Gasteiger partial charge is 0.207 e. The highest BCUT2D eigenvalue weighted by molar-refractivity contribution is 9.09.